The minimum Gasteiger partial charge on any atom is -0.308 e. The van der Waals surface area contributed by atoms with E-state index in [0.29, 0.717) is 5.95 Å². The molecule has 7 heteroatoms. The Morgan fingerprint density at radius 1 is 0.275 bits per heavy atom. The second-order valence-corrected chi connectivity index (χ2v) is 17.5. The van der Waals surface area contributed by atoms with E-state index >= 15 is 0 Å². The standard InChI is InChI=1S/C62H39N7/c1-4-16-40(17-5-1)52-39-53(41-18-6-2-7-19-41)66-62(65-52)69-55-26-13-11-23-47(55)49-37-43(30-33-57(49)69)42-29-32-56-48(36-42)46-22-10-12-25-54(46)68(56)60-28-14-24-51(64-60)44-31-34-58-50(38-44)61-59(27-15-35-63-61)67(58)45-20-8-3-9-21-45/h1-39H. The van der Waals surface area contributed by atoms with Crippen LogP contribution in [0.1, 0.15) is 0 Å². The average Bonchev–Trinajstić information content (AvgIpc) is 4.06. The predicted octanol–water partition coefficient (Wildman–Crippen LogP) is 15.2. The molecule has 6 heterocycles. The first-order chi connectivity index (χ1) is 34.2. The van der Waals surface area contributed by atoms with Crippen LogP contribution in [0.3, 0.4) is 0 Å². The maximum atomic E-state index is 5.38. The van der Waals surface area contributed by atoms with Crippen LogP contribution in [0.5, 0.6) is 0 Å². The van der Waals surface area contributed by atoms with Gasteiger partial charge in [-0.3, -0.25) is 14.1 Å². The summed E-state index contributed by atoms with van der Waals surface area (Å²) in [5.41, 5.74) is 16.6. The molecule has 69 heavy (non-hydrogen) atoms. The summed E-state index contributed by atoms with van der Waals surface area (Å²) in [7, 11) is 0. The molecular weight excluding hydrogens is 843 g/mol. The Balaban J connectivity index is 0.881. The molecular formula is C62H39N7. The summed E-state index contributed by atoms with van der Waals surface area (Å²) in [6.45, 7) is 0. The van der Waals surface area contributed by atoms with Crippen LogP contribution >= 0.6 is 0 Å². The monoisotopic (exact) mass is 881 g/mol. The third-order valence-electron chi connectivity index (χ3n) is 13.5. The Kier molecular flexibility index (Phi) is 8.75. The SMILES string of the molecule is c1ccc(-c2cc(-c3ccccc3)nc(-n3c4ccccc4c4cc(-c5ccc6c(c5)c5ccccc5n6-c5cccc(-c6ccc7c(c6)c6ncccc6n7-c6ccccc6)n5)ccc43)n2)cc1. The zero-order valence-electron chi connectivity index (χ0n) is 37.1. The van der Waals surface area contributed by atoms with Crippen molar-refractivity contribution in [1.29, 1.82) is 0 Å². The van der Waals surface area contributed by atoms with Crippen molar-refractivity contribution in [3.05, 3.63) is 237 Å². The van der Waals surface area contributed by atoms with Crippen LogP contribution in [0, 0.1) is 0 Å². The number of hydrogen-bond acceptors (Lipinski definition) is 4. The summed E-state index contributed by atoms with van der Waals surface area (Å²) >= 11 is 0. The molecule has 14 aromatic rings. The molecule has 6 aromatic heterocycles. The van der Waals surface area contributed by atoms with E-state index in [2.05, 4.69) is 220 Å². The smallest absolute Gasteiger partial charge is 0.235 e. The van der Waals surface area contributed by atoms with Crippen molar-refractivity contribution in [3.63, 3.8) is 0 Å². The number of fused-ring (bicyclic) bond motifs is 9. The molecule has 14 rings (SSSR count). The number of rotatable bonds is 7. The van der Waals surface area contributed by atoms with Crippen LogP contribution in [0.2, 0.25) is 0 Å². The van der Waals surface area contributed by atoms with E-state index in [9.17, 15) is 0 Å². The van der Waals surface area contributed by atoms with Crippen LogP contribution in [-0.2, 0) is 0 Å². The summed E-state index contributed by atoms with van der Waals surface area (Å²) in [4.78, 5) is 20.7. The van der Waals surface area contributed by atoms with E-state index in [1.54, 1.807) is 0 Å². The summed E-state index contributed by atoms with van der Waals surface area (Å²) in [6.07, 6.45) is 1.87. The summed E-state index contributed by atoms with van der Waals surface area (Å²) in [6, 6.07) is 81.2. The first-order valence-corrected chi connectivity index (χ1v) is 23.2. The van der Waals surface area contributed by atoms with Gasteiger partial charge in [0.15, 0.2) is 0 Å². The first-order valence-electron chi connectivity index (χ1n) is 23.2. The van der Waals surface area contributed by atoms with Crippen molar-refractivity contribution in [2.75, 3.05) is 0 Å². The molecule has 0 fully saturated rings. The molecule has 0 amide bonds. The van der Waals surface area contributed by atoms with Gasteiger partial charge in [-0.05, 0) is 102 Å². The third-order valence-corrected chi connectivity index (χ3v) is 13.5. The second-order valence-electron chi connectivity index (χ2n) is 17.5. The van der Waals surface area contributed by atoms with E-state index in [-0.39, 0.29) is 0 Å². The van der Waals surface area contributed by atoms with Gasteiger partial charge in [-0.15, -0.1) is 0 Å². The molecule has 0 atom stereocenters. The Hall–Kier alpha value is -9.46. The normalized spacial score (nSPS) is 11.8. The van der Waals surface area contributed by atoms with Crippen LogP contribution < -0.4 is 0 Å². The molecule has 0 radical (unpaired) electrons. The summed E-state index contributed by atoms with van der Waals surface area (Å²) in [5, 5.41) is 5.71. The lowest BCUT2D eigenvalue weighted by Gasteiger charge is -2.12. The second kappa shape index (κ2) is 15.6. The fourth-order valence-electron chi connectivity index (χ4n) is 10.4. The maximum absolute atomic E-state index is 5.38. The number of hydrogen-bond donors (Lipinski definition) is 0. The van der Waals surface area contributed by atoms with Gasteiger partial charge >= 0.3 is 0 Å². The highest BCUT2D eigenvalue weighted by Gasteiger charge is 2.20. The van der Waals surface area contributed by atoms with Crippen molar-refractivity contribution in [2.24, 2.45) is 0 Å². The Morgan fingerprint density at radius 3 is 1.43 bits per heavy atom. The summed E-state index contributed by atoms with van der Waals surface area (Å²) < 4.78 is 6.79. The molecule has 8 aromatic carbocycles. The van der Waals surface area contributed by atoms with Crippen LogP contribution in [-0.4, -0.2) is 33.6 Å². The minimum absolute atomic E-state index is 0.634. The molecule has 0 spiro atoms. The average molecular weight is 882 g/mol. The van der Waals surface area contributed by atoms with Crippen molar-refractivity contribution in [3.8, 4) is 62.4 Å². The molecule has 0 unspecified atom stereocenters. The highest BCUT2D eigenvalue weighted by atomic mass is 15.2. The number of benzene rings is 8. The van der Waals surface area contributed by atoms with Crippen molar-refractivity contribution >= 4 is 65.5 Å². The fourth-order valence-corrected chi connectivity index (χ4v) is 10.4. The first kappa shape index (κ1) is 38.8. The number of pyridine rings is 2. The van der Waals surface area contributed by atoms with E-state index in [0.717, 1.165) is 111 Å². The number of para-hydroxylation sites is 3. The van der Waals surface area contributed by atoms with Crippen LogP contribution in [0.25, 0.3) is 128 Å². The van der Waals surface area contributed by atoms with Gasteiger partial charge in [0.2, 0.25) is 5.95 Å². The topological polar surface area (TPSA) is 66.3 Å². The molecule has 0 aliphatic carbocycles. The molecule has 0 bridgehead atoms. The molecule has 0 saturated heterocycles. The van der Waals surface area contributed by atoms with Gasteiger partial charge in [0, 0.05) is 55.5 Å². The maximum Gasteiger partial charge on any atom is 0.235 e. The third kappa shape index (κ3) is 6.29. The number of nitrogens with zero attached hydrogens (tertiary/aromatic N) is 7. The number of aromatic nitrogens is 7. The molecule has 0 N–H and O–H groups in total. The Labute approximate surface area is 396 Å². The summed E-state index contributed by atoms with van der Waals surface area (Å²) in [5.74, 6) is 1.49. The minimum atomic E-state index is 0.634. The highest BCUT2D eigenvalue weighted by Crippen LogP contribution is 2.40. The lowest BCUT2D eigenvalue weighted by Crippen LogP contribution is -2.03. The zero-order chi connectivity index (χ0) is 45.4. The van der Waals surface area contributed by atoms with Gasteiger partial charge in [0.1, 0.15) is 5.82 Å². The lowest BCUT2D eigenvalue weighted by atomic mass is 10.0. The van der Waals surface area contributed by atoms with Gasteiger partial charge in [0.25, 0.3) is 0 Å². The van der Waals surface area contributed by atoms with Gasteiger partial charge in [-0.2, -0.15) is 0 Å². The van der Waals surface area contributed by atoms with Crippen LogP contribution in [0.4, 0.5) is 0 Å². The fraction of sp³-hybridized carbons (Fsp3) is 0. The highest BCUT2D eigenvalue weighted by molar-refractivity contribution is 6.13. The van der Waals surface area contributed by atoms with Gasteiger partial charge in [-0.25, -0.2) is 15.0 Å². The van der Waals surface area contributed by atoms with Crippen LogP contribution in [0.15, 0.2) is 237 Å². The molecule has 322 valence electrons. The van der Waals surface area contributed by atoms with Gasteiger partial charge < -0.3 is 4.57 Å². The zero-order valence-corrected chi connectivity index (χ0v) is 37.1. The molecule has 0 aliphatic heterocycles. The van der Waals surface area contributed by atoms with Crippen molar-refractivity contribution < 1.29 is 0 Å². The van der Waals surface area contributed by atoms with Crippen molar-refractivity contribution in [1.82, 2.24) is 33.6 Å². The van der Waals surface area contributed by atoms with E-state index in [4.69, 9.17) is 19.9 Å². The quantitative estimate of drug-likeness (QED) is 0.160. The Bertz CT molecular complexity index is 4240. The largest absolute Gasteiger partial charge is 0.308 e. The Morgan fingerprint density at radius 2 is 0.783 bits per heavy atom. The molecule has 0 saturated carbocycles. The molecule has 7 nitrogen and oxygen atoms in total. The molecule has 0 aliphatic rings. The van der Waals surface area contributed by atoms with E-state index < -0.39 is 0 Å². The van der Waals surface area contributed by atoms with E-state index in [1.165, 1.54) is 10.8 Å². The van der Waals surface area contributed by atoms with E-state index in [1.807, 2.05) is 30.5 Å². The van der Waals surface area contributed by atoms with Crippen molar-refractivity contribution in [2.45, 2.75) is 0 Å². The lowest BCUT2D eigenvalue weighted by molar-refractivity contribution is 0.995. The predicted molar refractivity (Wildman–Crippen MR) is 282 cm³/mol. The van der Waals surface area contributed by atoms with Gasteiger partial charge in [0.05, 0.1) is 55.7 Å². The van der Waals surface area contributed by atoms with Gasteiger partial charge in [-0.1, -0.05) is 140 Å².